The molecule has 0 N–H and O–H groups in total. The highest BCUT2D eigenvalue weighted by Gasteiger charge is 2.61. The summed E-state index contributed by atoms with van der Waals surface area (Å²) in [5, 5.41) is 0. The minimum absolute atomic E-state index is 0.0935. The maximum atomic E-state index is 12.4. The number of rotatable bonds is 6. The van der Waals surface area contributed by atoms with Crippen molar-refractivity contribution >= 4 is 11.9 Å². The van der Waals surface area contributed by atoms with Gasteiger partial charge in [-0.15, -0.1) is 0 Å². The Morgan fingerprint density at radius 1 is 1.15 bits per heavy atom. The van der Waals surface area contributed by atoms with Crippen molar-refractivity contribution in [3.63, 3.8) is 0 Å². The van der Waals surface area contributed by atoms with Crippen molar-refractivity contribution in [1.29, 1.82) is 0 Å². The lowest BCUT2D eigenvalue weighted by Gasteiger charge is -2.34. The number of esters is 2. The lowest BCUT2D eigenvalue weighted by molar-refractivity contribution is -0.169. The van der Waals surface area contributed by atoms with Crippen molar-refractivity contribution in [3.05, 3.63) is 12.2 Å². The largest absolute Gasteiger partial charge is 0.465 e. The van der Waals surface area contributed by atoms with E-state index < -0.39 is 11.3 Å². The van der Waals surface area contributed by atoms with Gasteiger partial charge in [-0.1, -0.05) is 26.0 Å². The predicted octanol–water partition coefficient (Wildman–Crippen LogP) is 2.72. The van der Waals surface area contributed by atoms with E-state index >= 15 is 0 Å². The second kappa shape index (κ2) is 5.98. The lowest BCUT2D eigenvalue weighted by Crippen LogP contribution is -2.45. The third kappa shape index (κ3) is 2.36. The Morgan fingerprint density at radius 3 is 2.45 bits per heavy atom. The van der Waals surface area contributed by atoms with Crippen LogP contribution in [0.2, 0.25) is 0 Å². The number of fused-ring (bicyclic) bond motifs is 2. The Labute approximate surface area is 120 Å². The Morgan fingerprint density at radius 2 is 1.80 bits per heavy atom. The van der Waals surface area contributed by atoms with Crippen LogP contribution in [0.5, 0.6) is 0 Å². The molecule has 0 heterocycles. The van der Waals surface area contributed by atoms with Gasteiger partial charge in [0.15, 0.2) is 0 Å². The van der Waals surface area contributed by atoms with E-state index in [1.54, 1.807) is 0 Å². The van der Waals surface area contributed by atoms with Gasteiger partial charge in [-0.3, -0.25) is 9.59 Å². The summed E-state index contributed by atoms with van der Waals surface area (Å²) in [6, 6.07) is 0. The van der Waals surface area contributed by atoms with E-state index in [1.807, 2.05) is 20.8 Å². The first kappa shape index (κ1) is 15.1. The highest BCUT2D eigenvalue weighted by atomic mass is 16.5. The average Bonchev–Trinajstić information content (AvgIpc) is 3.01. The third-order valence-electron chi connectivity index (χ3n) is 4.54. The van der Waals surface area contributed by atoms with E-state index in [0.717, 1.165) is 19.3 Å². The maximum Gasteiger partial charge on any atom is 0.313 e. The van der Waals surface area contributed by atoms with Crippen LogP contribution in [0.15, 0.2) is 12.2 Å². The Kier molecular flexibility index (Phi) is 4.51. The van der Waals surface area contributed by atoms with Gasteiger partial charge in [-0.05, 0) is 38.0 Å². The fourth-order valence-corrected chi connectivity index (χ4v) is 3.44. The molecular weight excluding hydrogens is 256 g/mol. The molecular formula is C16H24O4. The first-order chi connectivity index (χ1) is 9.55. The molecule has 0 aromatic rings. The number of allylic oxidation sites excluding steroid dienone is 2. The molecule has 0 spiro atoms. The SMILES string of the molecule is CCCOC(=O)C1C2C=CC(C2)C1(C)C(=O)OCCC. The van der Waals surface area contributed by atoms with Crippen LogP contribution in [0.3, 0.4) is 0 Å². The van der Waals surface area contributed by atoms with Crippen LogP contribution in [0.1, 0.15) is 40.0 Å². The lowest BCUT2D eigenvalue weighted by atomic mass is 9.70. The summed E-state index contributed by atoms with van der Waals surface area (Å²) in [6.45, 7) is 6.60. The number of hydrogen-bond donors (Lipinski definition) is 0. The molecule has 2 aliphatic carbocycles. The molecule has 112 valence electrons. The highest BCUT2D eigenvalue weighted by Crippen LogP contribution is 2.57. The molecule has 4 heteroatoms. The van der Waals surface area contributed by atoms with Gasteiger partial charge in [0.2, 0.25) is 0 Å². The number of carbonyl (C=O) groups excluding carboxylic acids is 2. The molecule has 2 bridgehead atoms. The van der Waals surface area contributed by atoms with Gasteiger partial charge >= 0.3 is 11.9 Å². The van der Waals surface area contributed by atoms with Crippen LogP contribution in [-0.2, 0) is 19.1 Å². The second-order valence-corrected chi connectivity index (χ2v) is 5.95. The fraction of sp³-hybridized carbons (Fsp3) is 0.750. The summed E-state index contributed by atoms with van der Waals surface area (Å²) < 4.78 is 10.6. The first-order valence-electron chi connectivity index (χ1n) is 7.57. The summed E-state index contributed by atoms with van der Waals surface area (Å²) in [5.74, 6) is -0.692. The molecule has 0 saturated heterocycles. The van der Waals surface area contributed by atoms with Crippen LogP contribution in [0.4, 0.5) is 0 Å². The molecule has 20 heavy (non-hydrogen) atoms. The van der Waals surface area contributed by atoms with Crippen molar-refractivity contribution in [2.24, 2.45) is 23.2 Å². The molecule has 1 saturated carbocycles. The zero-order valence-corrected chi connectivity index (χ0v) is 12.6. The van der Waals surface area contributed by atoms with Crippen LogP contribution in [-0.4, -0.2) is 25.2 Å². The van der Waals surface area contributed by atoms with Gasteiger partial charge in [-0.2, -0.15) is 0 Å². The van der Waals surface area contributed by atoms with E-state index in [-0.39, 0.29) is 23.8 Å². The summed E-state index contributed by atoms with van der Waals surface area (Å²) in [6.07, 6.45) is 6.54. The molecule has 4 atom stereocenters. The Balaban J connectivity index is 2.17. The first-order valence-corrected chi connectivity index (χ1v) is 7.57. The molecule has 0 amide bonds. The van der Waals surface area contributed by atoms with Gasteiger partial charge < -0.3 is 9.47 Å². The minimum Gasteiger partial charge on any atom is -0.465 e. The van der Waals surface area contributed by atoms with Crippen molar-refractivity contribution in [3.8, 4) is 0 Å². The molecule has 1 fully saturated rings. The van der Waals surface area contributed by atoms with Gasteiger partial charge in [0.1, 0.15) is 0 Å². The molecule has 4 nitrogen and oxygen atoms in total. The zero-order valence-electron chi connectivity index (χ0n) is 12.6. The van der Waals surface area contributed by atoms with Crippen molar-refractivity contribution in [2.75, 3.05) is 13.2 Å². The van der Waals surface area contributed by atoms with Crippen molar-refractivity contribution < 1.29 is 19.1 Å². The van der Waals surface area contributed by atoms with Gasteiger partial charge in [0.05, 0.1) is 24.5 Å². The molecule has 2 aliphatic rings. The molecule has 4 unspecified atom stereocenters. The van der Waals surface area contributed by atoms with Crippen LogP contribution in [0, 0.1) is 23.2 Å². The monoisotopic (exact) mass is 280 g/mol. The third-order valence-corrected chi connectivity index (χ3v) is 4.54. The molecule has 0 aromatic carbocycles. The quantitative estimate of drug-likeness (QED) is 0.554. The van der Waals surface area contributed by atoms with E-state index in [4.69, 9.17) is 9.47 Å². The van der Waals surface area contributed by atoms with Gasteiger partial charge in [0, 0.05) is 0 Å². The zero-order chi connectivity index (χ0) is 14.8. The normalized spacial score (nSPS) is 34.2. The van der Waals surface area contributed by atoms with Gasteiger partial charge in [-0.25, -0.2) is 0 Å². The van der Waals surface area contributed by atoms with E-state index in [2.05, 4.69) is 12.2 Å². The molecule has 0 aromatic heterocycles. The second-order valence-electron chi connectivity index (χ2n) is 5.95. The molecule has 0 radical (unpaired) electrons. The number of ether oxygens (including phenoxy) is 2. The number of hydrogen-bond acceptors (Lipinski definition) is 4. The smallest absolute Gasteiger partial charge is 0.313 e. The summed E-state index contributed by atoms with van der Waals surface area (Å²) in [5.41, 5.74) is -0.764. The fourth-order valence-electron chi connectivity index (χ4n) is 3.44. The average molecular weight is 280 g/mol. The topological polar surface area (TPSA) is 52.6 Å². The van der Waals surface area contributed by atoms with Crippen LogP contribution < -0.4 is 0 Å². The highest BCUT2D eigenvalue weighted by molar-refractivity contribution is 5.87. The maximum absolute atomic E-state index is 12.4. The van der Waals surface area contributed by atoms with Crippen LogP contribution >= 0.6 is 0 Å². The summed E-state index contributed by atoms with van der Waals surface area (Å²) in [4.78, 5) is 24.8. The van der Waals surface area contributed by atoms with E-state index in [1.165, 1.54) is 0 Å². The van der Waals surface area contributed by atoms with Crippen molar-refractivity contribution in [1.82, 2.24) is 0 Å². The van der Waals surface area contributed by atoms with Gasteiger partial charge in [0.25, 0.3) is 0 Å². The summed E-state index contributed by atoms with van der Waals surface area (Å²) in [7, 11) is 0. The van der Waals surface area contributed by atoms with Crippen molar-refractivity contribution in [2.45, 2.75) is 40.0 Å². The Bertz CT molecular complexity index is 415. The Hall–Kier alpha value is -1.32. The van der Waals surface area contributed by atoms with Crippen LogP contribution in [0.25, 0.3) is 0 Å². The van der Waals surface area contributed by atoms with E-state index in [9.17, 15) is 9.59 Å². The number of carbonyl (C=O) groups is 2. The minimum atomic E-state index is -0.764. The van der Waals surface area contributed by atoms with E-state index in [0.29, 0.717) is 13.2 Å². The molecule has 2 rings (SSSR count). The predicted molar refractivity (Wildman–Crippen MR) is 74.8 cm³/mol. The molecule has 0 aliphatic heterocycles. The summed E-state index contributed by atoms with van der Waals surface area (Å²) >= 11 is 0. The standard InChI is InChI=1S/C16H24O4/c1-4-8-19-14(17)13-11-6-7-12(10-11)16(13,3)15(18)20-9-5-2/h6-7,11-13H,4-5,8-10H2,1-3H3.